The molecule has 0 aromatic heterocycles. The molecule has 3 rings (SSSR count). The summed E-state index contributed by atoms with van der Waals surface area (Å²) in [6.45, 7) is 6.37. The van der Waals surface area contributed by atoms with Crippen molar-refractivity contribution >= 4 is 5.91 Å². The van der Waals surface area contributed by atoms with Gasteiger partial charge < -0.3 is 14.4 Å². The molecule has 25 heavy (non-hydrogen) atoms. The van der Waals surface area contributed by atoms with E-state index in [0.717, 1.165) is 56.4 Å². The first-order valence-electron chi connectivity index (χ1n) is 9.85. The highest BCUT2D eigenvalue weighted by Gasteiger charge is 2.34. The van der Waals surface area contributed by atoms with Gasteiger partial charge in [0.15, 0.2) is 0 Å². The lowest BCUT2D eigenvalue weighted by molar-refractivity contribution is -0.137. The van der Waals surface area contributed by atoms with Crippen LogP contribution in [0.5, 0.6) is 5.75 Å². The van der Waals surface area contributed by atoms with E-state index in [1.807, 2.05) is 12.1 Å². The van der Waals surface area contributed by atoms with E-state index < -0.39 is 0 Å². The third kappa shape index (κ3) is 4.97. The normalized spacial score (nSPS) is 20.0. The van der Waals surface area contributed by atoms with Crippen LogP contribution in [0.4, 0.5) is 0 Å². The van der Waals surface area contributed by atoms with E-state index in [-0.39, 0.29) is 12.0 Å². The summed E-state index contributed by atoms with van der Waals surface area (Å²) in [4.78, 5) is 14.9. The number of hydrogen-bond donors (Lipinski definition) is 0. The molecule has 1 saturated heterocycles. The summed E-state index contributed by atoms with van der Waals surface area (Å²) in [5, 5.41) is 0. The second-order valence-corrected chi connectivity index (χ2v) is 7.30. The molecule has 1 atom stereocenters. The summed E-state index contributed by atoms with van der Waals surface area (Å²) in [5.74, 6) is 1.34. The second kappa shape index (κ2) is 8.70. The van der Waals surface area contributed by atoms with Crippen molar-refractivity contribution in [1.29, 1.82) is 0 Å². The van der Waals surface area contributed by atoms with E-state index in [4.69, 9.17) is 9.47 Å². The largest absolute Gasteiger partial charge is 0.491 e. The molecule has 4 nitrogen and oxygen atoms in total. The van der Waals surface area contributed by atoms with Crippen molar-refractivity contribution in [3.05, 3.63) is 29.8 Å². The lowest BCUT2D eigenvalue weighted by Gasteiger charge is -2.27. The highest BCUT2D eigenvalue weighted by atomic mass is 16.5. The molecule has 2 aliphatic rings. The first-order valence-corrected chi connectivity index (χ1v) is 9.85. The van der Waals surface area contributed by atoms with Crippen LogP contribution in [-0.4, -0.2) is 36.2 Å². The minimum Gasteiger partial charge on any atom is -0.491 e. The van der Waals surface area contributed by atoms with E-state index in [9.17, 15) is 4.79 Å². The molecule has 0 radical (unpaired) electrons. The van der Waals surface area contributed by atoms with E-state index >= 15 is 0 Å². The van der Waals surface area contributed by atoms with Crippen LogP contribution < -0.4 is 4.74 Å². The summed E-state index contributed by atoms with van der Waals surface area (Å²) in [5.41, 5.74) is 1.15. The third-order valence-electron chi connectivity index (χ3n) is 5.32. The average molecular weight is 345 g/mol. The first kappa shape index (κ1) is 18.2. The number of benzene rings is 1. The Balaban J connectivity index is 1.61. The van der Waals surface area contributed by atoms with E-state index in [1.165, 1.54) is 0 Å². The predicted octanol–water partition coefficient (Wildman–Crippen LogP) is 4.17. The quantitative estimate of drug-likeness (QED) is 0.674. The van der Waals surface area contributed by atoms with Gasteiger partial charge in [-0.1, -0.05) is 26.0 Å². The van der Waals surface area contributed by atoms with Gasteiger partial charge >= 0.3 is 0 Å². The third-order valence-corrected chi connectivity index (χ3v) is 5.32. The van der Waals surface area contributed by atoms with Crippen LogP contribution in [0.1, 0.15) is 57.9 Å². The Morgan fingerprint density at radius 2 is 2.08 bits per heavy atom. The molecule has 0 N–H and O–H groups in total. The van der Waals surface area contributed by atoms with Crippen molar-refractivity contribution < 1.29 is 14.3 Å². The molecule has 1 aliphatic carbocycles. The fraction of sp³-hybridized carbons (Fsp3) is 0.667. The molecule has 0 bridgehead atoms. The molecule has 138 valence electrons. The smallest absolute Gasteiger partial charge is 0.226 e. The number of carbonyl (C=O) groups excluding carboxylic acids is 1. The molecule has 0 unspecified atom stereocenters. The summed E-state index contributed by atoms with van der Waals surface area (Å²) in [6, 6.07) is 8.61. The van der Waals surface area contributed by atoms with Crippen LogP contribution in [0.15, 0.2) is 24.3 Å². The fourth-order valence-electron chi connectivity index (χ4n) is 3.54. The number of carbonyl (C=O) groups is 1. The predicted molar refractivity (Wildman–Crippen MR) is 98.6 cm³/mol. The number of amides is 1. The number of nitrogens with zero attached hydrogens (tertiary/aromatic N) is 1. The molecule has 1 amide bonds. The van der Waals surface area contributed by atoms with Crippen molar-refractivity contribution in [2.75, 3.05) is 13.2 Å². The van der Waals surface area contributed by atoms with Crippen molar-refractivity contribution in [2.24, 2.45) is 5.92 Å². The van der Waals surface area contributed by atoms with Crippen molar-refractivity contribution in [3.63, 3.8) is 0 Å². The van der Waals surface area contributed by atoms with Gasteiger partial charge in [-0.25, -0.2) is 0 Å². The maximum absolute atomic E-state index is 12.9. The van der Waals surface area contributed by atoms with Crippen LogP contribution in [0.2, 0.25) is 0 Å². The summed E-state index contributed by atoms with van der Waals surface area (Å²) < 4.78 is 11.5. The zero-order chi connectivity index (χ0) is 17.6. The SMILES string of the molecule is CCC(CC)C(=O)N(Cc1cccc(OC[C@H]2CCCO2)c1)C1CC1. The molecule has 4 heteroatoms. The van der Waals surface area contributed by atoms with Gasteiger partial charge in [0.1, 0.15) is 12.4 Å². The van der Waals surface area contributed by atoms with Crippen LogP contribution in [-0.2, 0) is 16.1 Å². The Hall–Kier alpha value is -1.55. The number of ether oxygens (including phenoxy) is 2. The van der Waals surface area contributed by atoms with E-state index in [0.29, 0.717) is 25.1 Å². The Kier molecular flexibility index (Phi) is 6.35. The van der Waals surface area contributed by atoms with Gasteiger partial charge in [0.05, 0.1) is 6.10 Å². The van der Waals surface area contributed by atoms with Crippen LogP contribution in [0.25, 0.3) is 0 Å². The van der Waals surface area contributed by atoms with Gasteiger partial charge in [-0.05, 0) is 56.2 Å². The zero-order valence-corrected chi connectivity index (χ0v) is 15.6. The van der Waals surface area contributed by atoms with E-state index in [2.05, 4.69) is 30.9 Å². The van der Waals surface area contributed by atoms with Crippen molar-refractivity contribution in [1.82, 2.24) is 4.90 Å². The van der Waals surface area contributed by atoms with E-state index in [1.54, 1.807) is 0 Å². The minimum atomic E-state index is 0.152. The highest BCUT2D eigenvalue weighted by molar-refractivity contribution is 5.79. The molecule has 1 heterocycles. The Morgan fingerprint density at radius 3 is 2.72 bits per heavy atom. The molecule has 2 fully saturated rings. The molecule has 0 spiro atoms. The van der Waals surface area contributed by atoms with Gasteiger partial charge in [0, 0.05) is 25.1 Å². The molecular formula is C21H31NO3. The maximum Gasteiger partial charge on any atom is 0.226 e. The highest BCUT2D eigenvalue weighted by Crippen LogP contribution is 2.31. The standard InChI is InChI=1S/C21H31NO3/c1-3-17(4-2)21(23)22(18-10-11-18)14-16-7-5-8-19(13-16)25-15-20-9-6-12-24-20/h5,7-8,13,17-18,20H,3-4,6,9-12,14-15H2,1-2H3/t20-/m1/s1. The second-order valence-electron chi connectivity index (χ2n) is 7.30. The Labute approximate surface area is 151 Å². The summed E-state index contributed by atoms with van der Waals surface area (Å²) >= 11 is 0. The lowest BCUT2D eigenvalue weighted by atomic mass is 10.0. The minimum absolute atomic E-state index is 0.152. The number of rotatable bonds is 9. The van der Waals surface area contributed by atoms with Gasteiger partial charge in [-0.15, -0.1) is 0 Å². The first-order chi connectivity index (χ1) is 12.2. The fourth-order valence-corrected chi connectivity index (χ4v) is 3.54. The van der Waals surface area contributed by atoms with Crippen molar-refractivity contribution in [3.8, 4) is 5.75 Å². The van der Waals surface area contributed by atoms with Crippen molar-refractivity contribution in [2.45, 2.75) is 71.1 Å². The molecule has 1 aromatic rings. The van der Waals surface area contributed by atoms with Crippen LogP contribution in [0.3, 0.4) is 0 Å². The Morgan fingerprint density at radius 1 is 1.28 bits per heavy atom. The molecule has 1 aliphatic heterocycles. The molecular weight excluding hydrogens is 314 g/mol. The summed E-state index contributed by atoms with van der Waals surface area (Å²) in [6.07, 6.45) is 6.55. The average Bonchev–Trinajstić information content (AvgIpc) is 3.34. The molecule has 1 saturated carbocycles. The monoisotopic (exact) mass is 345 g/mol. The van der Waals surface area contributed by atoms with Gasteiger partial charge in [-0.3, -0.25) is 4.79 Å². The van der Waals surface area contributed by atoms with Gasteiger partial charge in [0.25, 0.3) is 0 Å². The summed E-state index contributed by atoms with van der Waals surface area (Å²) in [7, 11) is 0. The topological polar surface area (TPSA) is 38.8 Å². The molecule has 1 aromatic carbocycles. The van der Waals surface area contributed by atoms with Crippen LogP contribution in [0, 0.1) is 5.92 Å². The van der Waals surface area contributed by atoms with Gasteiger partial charge in [0.2, 0.25) is 5.91 Å². The zero-order valence-electron chi connectivity index (χ0n) is 15.6. The van der Waals surface area contributed by atoms with Gasteiger partial charge in [-0.2, -0.15) is 0 Å². The lowest BCUT2D eigenvalue weighted by Crippen LogP contribution is -2.37. The Bertz CT molecular complexity index is 560. The number of hydrogen-bond acceptors (Lipinski definition) is 3. The maximum atomic E-state index is 12.9. The van der Waals surface area contributed by atoms with Crippen LogP contribution >= 0.6 is 0 Å².